The van der Waals surface area contributed by atoms with Gasteiger partial charge in [0.05, 0.1) is 10.6 Å². The third-order valence-corrected chi connectivity index (χ3v) is 6.70. The first kappa shape index (κ1) is 25.2. The minimum Gasteiger partial charge on any atom is -0.449 e. The van der Waals surface area contributed by atoms with Gasteiger partial charge in [-0.1, -0.05) is 30.7 Å². The van der Waals surface area contributed by atoms with E-state index < -0.39 is 33.8 Å². The molecule has 0 aliphatic rings. The molecule has 0 heterocycles. The monoisotopic (exact) mass is 504 g/mol. The molecule has 0 unspecified atom stereocenters. The van der Waals surface area contributed by atoms with E-state index in [1.54, 1.807) is 12.1 Å². The molecule has 178 valence electrons. The van der Waals surface area contributed by atoms with Crippen LogP contribution in [0.4, 0.5) is 15.8 Å². The molecule has 3 aromatic rings. The van der Waals surface area contributed by atoms with Crippen LogP contribution in [0.25, 0.3) is 0 Å². The molecule has 0 aliphatic carbocycles. The molecule has 3 rings (SSSR count). The van der Waals surface area contributed by atoms with Crippen LogP contribution in [0.5, 0.6) is 0 Å². The van der Waals surface area contributed by atoms with Crippen LogP contribution in [0.1, 0.15) is 29.8 Å². The molecule has 3 aromatic carbocycles. The topological polar surface area (TPSA) is 102 Å². The van der Waals surface area contributed by atoms with Gasteiger partial charge in [0.25, 0.3) is 15.9 Å². The maximum absolute atomic E-state index is 13.1. The number of esters is 1. The van der Waals surface area contributed by atoms with Crippen molar-refractivity contribution in [1.82, 2.24) is 0 Å². The van der Waals surface area contributed by atoms with E-state index in [4.69, 9.17) is 16.3 Å². The number of halogens is 2. The number of aryl methyl sites for hydroxylation is 1. The van der Waals surface area contributed by atoms with Crippen molar-refractivity contribution in [3.8, 4) is 0 Å². The van der Waals surface area contributed by atoms with Crippen molar-refractivity contribution in [3.05, 3.63) is 88.7 Å². The van der Waals surface area contributed by atoms with Crippen LogP contribution in [0.3, 0.4) is 0 Å². The maximum atomic E-state index is 13.1. The molecule has 0 aliphatic heterocycles. The lowest BCUT2D eigenvalue weighted by atomic mass is 10.1. The molecular weight excluding hydrogens is 483 g/mol. The summed E-state index contributed by atoms with van der Waals surface area (Å²) in [4.78, 5) is 24.6. The lowest BCUT2D eigenvalue weighted by Crippen LogP contribution is -2.30. The number of sulfonamides is 1. The quantitative estimate of drug-likeness (QED) is 0.419. The van der Waals surface area contributed by atoms with Gasteiger partial charge in [0.2, 0.25) is 0 Å². The summed E-state index contributed by atoms with van der Waals surface area (Å²) in [6.07, 6.45) is -0.285. The van der Waals surface area contributed by atoms with Crippen molar-refractivity contribution in [3.63, 3.8) is 0 Å². The van der Waals surface area contributed by atoms with Gasteiger partial charge in [0.15, 0.2) is 6.10 Å². The van der Waals surface area contributed by atoms with Crippen molar-refractivity contribution in [2.24, 2.45) is 0 Å². The number of amides is 1. The Morgan fingerprint density at radius 2 is 1.62 bits per heavy atom. The number of rotatable bonds is 8. The Hall–Kier alpha value is -3.43. The van der Waals surface area contributed by atoms with Gasteiger partial charge >= 0.3 is 5.97 Å². The lowest BCUT2D eigenvalue weighted by molar-refractivity contribution is -0.123. The molecule has 1 amide bonds. The number of ether oxygens (including phenoxy) is 1. The molecule has 2 N–H and O–H groups in total. The predicted octanol–water partition coefficient (Wildman–Crippen LogP) is 5.03. The Bertz CT molecular complexity index is 1300. The molecule has 0 saturated heterocycles. The molecule has 7 nitrogen and oxygen atoms in total. The Morgan fingerprint density at radius 3 is 2.24 bits per heavy atom. The fourth-order valence-electron chi connectivity index (χ4n) is 2.91. The standard InChI is InChI=1S/C24H22ClFN2O5S/c1-3-16-4-9-19(10-5-16)27-23(29)15(2)33-24(30)17-6-13-21(25)22(14-17)34(31,32)28-20-11-7-18(26)8-12-20/h4-15,28H,3H2,1-2H3,(H,27,29)/t15-/m1/s1. The highest BCUT2D eigenvalue weighted by Crippen LogP contribution is 2.26. The fraction of sp³-hybridized carbons (Fsp3) is 0.167. The number of hydrogen-bond donors (Lipinski definition) is 2. The fourth-order valence-corrected chi connectivity index (χ4v) is 4.50. The van der Waals surface area contributed by atoms with Crippen LogP contribution in [-0.2, 0) is 26.0 Å². The minimum atomic E-state index is -4.20. The highest BCUT2D eigenvalue weighted by Gasteiger charge is 2.23. The summed E-state index contributed by atoms with van der Waals surface area (Å²) < 4.78 is 46.1. The van der Waals surface area contributed by atoms with E-state index in [1.165, 1.54) is 31.2 Å². The van der Waals surface area contributed by atoms with E-state index in [9.17, 15) is 22.4 Å². The Morgan fingerprint density at radius 1 is 1.00 bits per heavy atom. The third kappa shape index (κ3) is 6.33. The Balaban J connectivity index is 1.71. The molecule has 1 atom stereocenters. The molecule has 34 heavy (non-hydrogen) atoms. The number of benzene rings is 3. The zero-order valence-electron chi connectivity index (χ0n) is 18.3. The highest BCUT2D eigenvalue weighted by atomic mass is 35.5. The van der Waals surface area contributed by atoms with Gasteiger partial charge in [-0.15, -0.1) is 0 Å². The number of hydrogen-bond acceptors (Lipinski definition) is 5. The van der Waals surface area contributed by atoms with Crippen molar-refractivity contribution in [1.29, 1.82) is 0 Å². The molecule has 0 bridgehead atoms. The van der Waals surface area contributed by atoms with Gasteiger partial charge in [-0.2, -0.15) is 0 Å². The van der Waals surface area contributed by atoms with Crippen molar-refractivity contribution in [2.75, 3.05) is 10.0 Å². The van der Waals surface area contributed by atoms with E-state index in [0.717, 1.165) is 30.2 Å². The normalized spacial score (nSPS) is 12.0. The molecule has 0 fully saturated rings. The second-order valence-electron chi connectivity index (χ2n) is 7.34. The number of anilines is 2. The molecule has 0 spiro atoms. The van der Waals surface area contributed by atoms with E-state index >= 15 is 0 Å². The van der Waals surface area contributed by atoms with Gasteiger partial charge in [-0.25, -0.2) is 17.6 Å². The predicted molar refractivity (Wildman–Crippen MR) is 128 cm³/mol. The Labute approximate surface area is 202 Å². The second kappa shape index (κ2) is 10.7. The first-order valence-electron chi connectivity index (χ1n) is 10.3. The number of carbonyl (C=O) groups is 2. The first-order chi connectivity index (χ1) is 16.1. The average Bonchev–Trinajstić information content (AvgIpc) is 2.81. The van der Waals surface area contributed by atoms with Crippen LogP contribution in [0, 0.1) is 5.82 Å². The van der Waals surface area contributed by atoms with Crippen LogP contribution >= 0.6 is 11.6 Å². The van der Waals surface area contributed by atoms with Crippen molar-refractivity contribution in [2.45, 2.75) is 31.3 Å². The summed E-state index contributed by atoms with van der Waals surface area (Å²) in [7, 11) is -4.20. The van der Waals surface area contributed by atoms with Gasteiger partial charge < -0.3 is 10.1 Å². The molecule has 10 heteroatoms. The molecular formula is C24H22ClFN2O5S. The largest absolute Gasteiger partial charge is 0.449 e. The number of carbonyl (C=O) groups excluding carboxylic acids is 2. The minimum absolute atomic E-state index is 0.114. The van der Waals surface area contributed by atoms with E-state index in [1.807, 2.05) is 19.1 Å². The van der Waals surface area contributed by atoms with Gasteiger partial charge in [-0.05, 0) is 73.5 Å². The van der Waals surface area contributed by atoms with Crippen LogP contribution in [-0.4, -0.2) is 26.4 Å². The molecule has 0 saturated carbocycles. The third-order valence-electron chi connectivity index (χ3n) is 4.84. The van der Waals surface area contributed by atoms with Gasteiger partial charge in [-0.3, -0.25) is 9.52 Å². The van der Waals surface area contributed by atoms with Crippen LogP contribution in [0.2, 0.25) is 5.02 Å². The maximum Gasteiger partial charge on any atom is 0.338 e. The SMILES string of the molecule is CCc1ccc(NC(=O)[C@@H](C)OC(=O)c2ccc(Cl)c(S(=O)(=O)Nc3ccc(F)cc3)c2)cc1. The zero-order chi connectivity index (χ0) is 24.9. The van der Waals surface area contributed by atoms with E-state index in [0.29, 0.717) is 5.69 Å². The first-order valence-corrected chi connectivity index (χ1v) is 12.1. The zero-order valence-corrected chi connectivity index (χ0v) is 19.9. The summed E-state index contributed by atoms with van der Waals surface area (Å²) >= 11 is 6.05. The average molecular weight is 505 g/mol. The Kier molecular flexibility index (Phi) is 7.90. The summed E-state index contributed by atoms with van der Waals surface area (Å²) in [6.45, 7) is 3.42. The van der Waals surface area contributed by atoms with Gasteiger partial charge in [0.1, 0.15) is 10.7 Å². The van der Waals surface area contributed by atoms with Crippen LogP contribution in [0.15, 0.2) is 71.6 Å². The smallest absolute Gasteiger partial charge is 0.338 e. The second-order valence-corrected chi connectivity index (χ2v) is 9.40. The van der Waals surface area contributed by atoms with E-state index in [-0.39, 0.29) is 21.2 Å². The molecule has 0 aromatic heterocycles. The summed E-state index contributed by atoms with van der Waals surface area (Å²) in [6, 6.07) is 15.5. The molecule has 0 radical (unpaired) electrons. The van der Waals surface area contributed by atoms with E-state index in [2.05, 4.69) is 10.0 Å². The summed E-state index contributed by atoms with van der Waals surface area (Å²) in [5.74, 6) is -1.97. The number of nitrogens with one attached hydrogen (secondary N) is 2. The summed E-state index contributed by atoms with van der Waals surface area (Å²) in [5, 5.41) is 2.52. The van der Waals surface area contributed by atoms with Crippen molar-refractivity contribution >= 4 is 44.9 Å². The van der Waals surface area contributed by atoms with Crippen molar-refractivity contribution < 1.29 is 27.1 Å². The highest BCUT2D eigenvalue weighted by molar-refractivity contribution is 7.92. The lowest BCUT2D eigenvalue weighted by Gasteiger charge is -2.15. The van der Waals surface area contributed by atoms with Crippen LogP contribution < -0.4 is 10.0 Å². The summed E-state index contributed by atoms with van der Waals surface area (Å²) in [5.41, 5.74) is 1.66. The van der Waals surface area contributed by atoms with Gasteiger partial charge in [0, 0.05) is 11.4 Å².